The molecule has 6 nitrogen and oxygen atoms in total. The number of nitrogens with zero attached hydrogens (tertiary/aromatic N) is 3. The molecule has 0 aliphatic heterocycles. The molecule has 0 fully saturated rings. The van der Waals surface area contributed by atoms with Gasteiger partial charge in [0.15, 0.2) is 11.5 Å². The molecule has 0 spiro atoms. The van der Waals surface area contributed by atoms with Crippen molar-refractivity contribution < 1.29 is 9.47 Å². The third-order valence-corrected chi connectivity index (χ3v) is 3.89. The zero-order valence-electron chi connectivity index (χ0n) is 15.1. The van der Waals surface area contributed by atoms with Gasteiger partial charge in [-0.05, 0) is 49.2 Å². The molecule has 134 valence electrons. The van der Waals surface area contributed by atoms with E-state index in [1.807, 2.05) is 43.3 Å². The van der Waals surface area contributed by atoms with Crippen molar-refractivity contribution in [2.75, 3.05) is 13.7 Å². The van der Waals surface area contributed by atoms with Crippen LogP contribution in [0, 0.1) is 6.92 Å². The van der Waals surface area contributed by atoms with Crippen molar-refractivity contribution >= 4 is 17.1 Å². The number of rotatable bonds is 6. The van der Waals surface area contributed by atoms with Crippen LogP contribution in [-0.4, -0.2) is 29.6 Å². The monoisotopic (exact) mass is 351 g/mol. The quantitative estimate of drug-likeness (QED) is 0.639. The first-order chi connectivity index (χ1) is 12.6. The Kier molecular flexibility index (Phi) is 5.31. The van der Waals surface area contributed by atoms with Gasteiger partial charge < -0.3 is 9.47 Å². The van der Waals surface area contributed by atoms with Crippen molar-refractivity contribution in [2.45, 2.75) is 20.3 Å². The maximum Gasteiger partial charge on any atom is 0.282 e. The van der Waals surface area contributed by atoms with Gasteiger partial charge in [0.2, 0.25) is 0 Å². The van der Waals surface area contributed by atoms with Crippen molar-refractivity contribution in [1.82, 2.24) is 9.66 Å². The number of methoxy groups -OCH3 is 1. The SMILES string of the molecule is CCCOc1ccc(/C=N/n2c(C)nc3ccccc3c2=O)cc1OC. The highest BCUT2D eigenvalue weighted by molar-refractivity contribution is 5.81. The van der Waals surface area contributed by atoms with E-state index in [0.29, 0.717) is 34.8 Å². The second kappa shape index (κ2) is 7.82. The maximum absolute atomic E-state index is 12.6. The Morgan fingerprint density at radius 2 is 2.00 bits per heavy atom. The van der Waals surface area contributed by atoms with Gasteiger partial charge in [-0.3, -0.25) is 4.79 Å². The topological polar surface area (TPSA) is 65.7 Å². The molecule has 0 bridgehead atoms. The summed E-state index contributed by atoms with van der Waals surface area (Å²) < 4.78 is 12.3. The fourth-order valence-corrected chi connectivity index (χ4v) is 2.59. The molecule has 1 aromatic heterocycles. The molecule has 0 amide bonds. The van der Waals surface area contributed by atoms with E-state index in [0.717, 1.165) is 12.0 Å². The van der Waals surface area contributed by atoms with Gasteiger partial charge in [0.25, 0.3) is 5.56 Å². The zero-order valence-corrected chi connectivity index (χ0v) is 15.1. The Hall–Kier alpha value is -3.15. The van der Waals surface area contributed by atoms with Gasteiger partial charge in [0, 0.05) is 0 Å². The van der Waals surface area contributed by atoms with Gasteiger partial charge in [0.1, 0.15) is 5.82 Å². The first-order valence-corrected chi connectivity index (χ1v) is 8.47. The average molecular weight is 351 g/mol. The van der Waals surface area contributed by atoms with Crippen molar-refractivity contribution in [1.29, 1.82) is 0 Å². The van der Waals surface area contributed by atoms with Crippen LogP contribution < -0.4 is 15.0 Å². The van der Waals surface area contributed by atoms with Crippen LogP contribution in [0.4, 0.5) is 0 Å². The summed E-state index contributed by atoms with van der Waals surface area (Å²) >= 11 is 0. The Morgan fingerprint density at radius 1 is 1.19 bits per heavy atom. The van der Waals surface area contributed by atoms with Crippen LogP contribution in [-0.2, 0) is 0 Å². The predicted molar refractivity (Wildman–Crippen MR) is 103 cm³/mol. The van der Waals surface area contributed by atoms with Crippen molar-refractivity contribution in [2.24, 2.45) is 5.10 Å². The first kappa shape index (κ1) is 17.7. The summed E-state index contributed by atoms with van der Waals surface area (Å²) in [7, 11) is 1.59. The summed E-state index contributed by atoms with van der Waals surface area (Å²) in [6.07, 6.45) is 2.53. The van der Waals surface area contributed by atoms with Crippen molar-refractivity contribution in [3.8, 4) is 11.5 Å². The van der Waals surface area contributed by atoms with Crippen molar-refractivity contribution in [3.63, 3.8) is 0 Å². The lowest BCUT2D eigenvalue weighted by Gasteiger charge is -2.10. The molecule has 3 rings (SSSR count). The number of hydrogen-bond donors (Lipinski definition) is 0. The number of aromatic nitrogens is 2. The summed E-state index contributed by atoms with van der Waals surface area (Å²) in [4.78, 5) is 17.1. The van der Waals surface area contributed by atoms with E-state index in [9.17, 15) is 4.79 Å². The molecular formula is C20H21N3O3. The largest absolute Gasteiger partial charge is 0.493 e. The van der Waals surface area contributed by atoms with Gasteiger partial charge in [-0.1, -0.05) is 19.1 Å². The summed E-state index contributed by atoms with van der Waals surface area (Å²) in [6.45, 7) is 4.43. The Morgan fingerprint density at radius 3 is 2.77 bits per heavy atom. The molecule has 0 radical (unpaired) electrons. The fourth-order valence-electron chi connectivity index (χ4n) is 2.59. The lowest BCUT2D eigenvalue weighted by molar-refractivity contribution is 0.294. The zero-order chi connectivity index (χ0) is 18.5. The summed E-state index contributed by atoms with van der Waals surface area (Å²) in [6, 6.07) is 12.8. The number of fused-ring (bicyclic) bond motifs is 1. The minimum atomic E-state index is -0.195. The molecular weight excluding hydrogens is 330 g/mol. The Bertz CT molecular complexity index is 1010. The van der Waals surface area contributed by atoms with Crippen LogP contribution in [0.5, 0.6) is 11.5 Å². The minimum absolute atomic E-state index is 0.195. The molecule has 0 N–H and O–H groups in total. The second-order valence-electron chi connectivity index (χ2n) is 5.80. The smallest absolute Gasteiger partial charge is 0.282 e. The van der Waals surface area contributed by atoms with Crippen LogP contribution >= 0.6 is 0 Å². The summed E-state index contributed by atoms with van der Waals surface area (Å²) in [5.74, 6) is 1.84. The first-order valence-electron chi connectivity index (χ1n) is 8.47. The number of benzene rings is 2. The molecule has 0 atom stereocenters. The average Bonchev–Trinajstić information content (AvgIpc) is 2.66. The van der Waals surface area contributed by atoms with Crippen LogP contribution in [0.2, 0.25) is 0 Å². The van der Waals surface area contributed by atoms with E-state index in [4.69, 9.17) is 9.47 Å². The highest BCUT2D eigenvalue weighted by Gasteiger charge is 2.07. The molecule has 0 saturated carbocycles. The fraction of sp³-hybridized carbons (Fsp3) is 0.250. The highest BCUT2D eigenvalue weighted by Crippen LogP contribution is 2.27. The van der Waals surface area contributed by atoms with E-state index in [2.05, 4.69) is 10.1 Å². The third-order valence-electron chi connectivity index (χ3n) is 3.89. The van der Waals surface area contributed by atoms with Gasteiger partial charge >= 0.3 is 0 Å². The van der Waals surface area contributed by atoms with E-state index < -0.39 is 0 Å². The van der Waals surface area contributed by atoms with E-state index in [1.54, 1.807) is 26.3 Å². The van der Waals surface area contributed by atoms with Crippen molar-refractivity contribution in [3.05, 3.63) is 64.2 Å². The second-order valence-corrected chi connectivity index (χ2v) is 5.80. The standard InChI is InChI=1S/C20H21N3O3/c1-4-11-26-18-10-9-15(12-19(18)25-3)13-21-23-14(2)22-17-8-6-5-7-16(17)20(23)24/h5-10,12-13H,4,11H2,1-3H3/b21-13+. The van der Waals surface area contributed by atoms with Gasteiger partial charge in [-0.2, -0.15) is 9.78 Å². The minimum Gasteiger partial charge on any atom is -0.493 e. The van der Waals surface area contributed by atoms with Gasteiger partial charge in [-0.25, -0.2) is 4.98 Å². The van der Waals surface area contributed by atoms with E-state index >= 15 is 0 Å². The van der Waals surface area contributed by atoms with E-state index in [-0.39, 0.29) is 5.56 Å². The lowest BCUT2D eigenvalue weighted by atomic mass is 10.2. The van der Waals surface area contributed by atoms with Crippen LogP contribution in [0.25, 0.3) is 10.9 Å². The van der Waals surface area contributed by atoms with Gasteiger partial charge in [0.05, 0.1) is 30.8 Å². The number of para-hydroxylation sites is 1. The highest BCUT2D eigenvalue weighted by atomic mass is 16.5. The Balaban J connectivity index is 1.95. The van der Waals surface area contributed by atoms with Crippen LogP contribution in [0.1, 0.15) is 24.7 Å². The summed E-state index contributed by atoms with van der Waals surface area (Å²) in [5.41, 5.74) is 1.27. The molecule has 3 aromatic rings. The van der Waals surface area contributed by atoms with Gasteiger partial charge in [-0.15, -0.1) is 0 Å². The molecule has 2 aromatic carbocycles. The molecule has 0 unspecified atom stereocenters. The molecule has 6 heteroatoms. The van der Waals surface area contributed by atoms with E-state index in [1.165, 1.54) is 4.68 Å². The molecule has 0 aliphatic rings. The summed E-state index contributed by atoms with van der Waals surface area (Å²) in [5, 5.41) is 4.85. The van der Waals surface area contributed by atoms with Crippen LogP contribution in [0.15, 0.2) is 52.4 Å². The Labute approximate surface area is 151 Å². The molecule has 0 saturated heterocycles. The normalized spacial score (nSPS) is 11.2. The maximum atomic E-state index is 12.6. The molecule has 26 heavy (non-hydrogen) atoms. The molecule has 1 heterocycles. The predicted octanol–water partition coefficient (Wildman–Crippen LogP) is 3.38. The number of hydrogen-bond acceptors (Lipinski definition) is 5. The molecule has 0 aliphatic carbocycles. The van der Waals surface area contributed by atoms with Crippen LogP contribution in [0.3, 0.4) is 0 Å². The third kappa shape index (κ3) is 3.59. The number of aryl methyl sites for hydroxylation is 1. The lowest BCUT2D eigenvalue weighted by Crippen LogP contribution is -2.20. The number of ether oxygens (including phenoxy) is 2.